The number of rotatable bonds is 2. The molecule has 1 aromatic rings. The van der Waals surface area contributed by atoms with Crippen LogP contribution in [0, 0.1) is 10.1 Å². The van der Waals surface area contributed by atoms with Gasteiger partial charge in [0, 0.05) is 0 Å². The fraction of sp³-hybridized carbons (Fsp3) is 0.250. The lowest BCUT2D eigenvalue weighted by atomic mass is 10.2. The number of hydrogen-bond acceptors (Lipinski definition) is 6. The Hall–Kier alpha value is -2.18. The zero-order chi connectivity index (χ0) is 10.8. The largest absolute Gasteiger partial charge is 0.475 e. The van der Waals surface area contributed by atoms with Crippen LogP contribution in [0.25, 0.3) is 0 Å². The first-order valence-corrected chi connectivity index (χ1v) is 4.26. The van der Waals surface area contributed by atoms with Crippen LogP contribution in [0.4, 0.5) is 11.5 Å². The Bertz CT molecular complexity index is 444. The zero-order valence-electron chi connectivity index (χ0n) is 7.71. The van der Waals surface area contributed by atoms with Gasteiger partial charge in [-0.2, -0.15) is 0 Å². The molecule has 7 heteroatoms. The second-order valence-corrected chi connectivity index (χ2v) is 2.89. The SMILES string of the molecule is Nc1c(C2=NCCO2)ccnc1[N+](=O)[O-]. The van der Waals surface area contributed by atoms with E-state index in [0.29, 0.717) is 24.6 Å². The Labute approximate surface area is 84.7 Å². The molecular formula is C8H8N4O3. The lowest BCUT2D eigenvalue weighted by molar-refractivity contribution is -0.388. The van der Waals surface area contributed by atoms with E-state index in [1.165, 1.54) is 6.20 Å². The number of nitrogens with two attached hydrogens (primary N) is 1. The number of nitro groups is 1. The molecule has 0 amide bonds. The minimum atomic E-state index is -0.631. The molecule has 0 unspecified atom stereocenters. The summed E-state index contributed by atoms with van der Waals surface area (Å²) in [6.07, 6.45) is 1.31. The van der Waals surface area contributed by atoms with Crippen LogP contribution in [0.1, 0.15) is 5.56 Å². The maximum atomic E-state index is 10.6. The molecule has 2 rings (SSSR count). The molecule has 2 heterocycles. The van der Waals surface area contributed by atoms with E-state index in [0.717, 1.165) is 0 Å². The summed E-state index contributed by atoms with van der Waals surface area (Å²) >= 11 is 0. The van der Waals surface area contributed by atoms with Crippen LogP contribution in [0.5, 0.6) is 0 Å². The van der Waals surface area contributed by atoms with E-state index in [4.69, 9.17) is 10.5 Å². The van der Waals surface area contributed by atoms with E-state index < -0.39 is 4.92 Å². The Morgan fingerprint density at radius 3 is 3.00 bits per heavy atom. The minimum Gasteiger partial charge on any atom is -0.475 e. The predicted molar refractivity (Wildman–Crippen MR) is 52.7 cm³/mol. The number of aromatic nitrogens is 1. The molecule has 0 bridgehead atoms. The lowest BCUT2D eigenvalue weighted by Crippen LogP contribution is -2.08. The Morgan fingerprint density at radius 1 is 1.60 bits per heavy atom. The van der Waals surface area contributed by atoms with Crippen LogP contribution >= 0.6 is 0 Å². The summed E-state index contributed by atoms with van der Waals surface area (Å²) in [6, 6.07) is 1.55. The average Bonchev–Trinajstić information content (AvgIpc) is 2.70. The van der Waals surface area contributed by atoms with Gasteiger partial charge in [0.2, 0.25) is 5.90 Å². The van der Waals surface area contributed by atoms with Gasteiger partial charge < -0.3 is 20.6 Å². The van der Waals surface area contributed by atoms with Gasteiger partial charge in [-0.05, 0) is 16.0 Å². The number of aliphatic imine (C=N–C) groups is 1. The second-order valence-electron chi connectivity index (χ2n) is 2.89. The van der Waals surface area contributed by atoms with E-state index in [1.807, 2.05) is 0 Å². The summed E-state index contributed by atoms with van der Waals surface area (Å²) in [5.41, 5.74) is 6.01. The van der Waals surface area contributed by atoms with Crippen molar-refractivity contribution < 1.29 is 9.66 Å². The first-order valence-electron chi connectivity index (χ1n) is 4.26. The first-order chi connectivity index (χ1) is 7.20. The predicted octanol–water partition coefficient (Wildman–Crippen LogP) is 0.349. The van der Waals surface area contributed by atoms with E-state index in [9.17, 15) is 10.1 Å². The van der Waals surface area contributed by atoms with Gasteiger partial charge in [-0.15, -0.1) is 0 Å². The van der Waals surface area contributed by atoms with Crippen LogP contribution in [-0.4, -0.2) is 29.0 Å². The highest BCUT2D eigenvalue weighted by Crippen LogP contribution is 2.23. The van der Waals surface area contributed by atoms with Gasteiger partial charge in [-0.3, -0.25) is 0 Å². The minimum absolute atomic E-state index is 0.0110. The molecule has 1 aromatic heterocycles. The standard InChI is InChI=1S/C8H8N4O3/c9-6-5(8-11-3-4-15-8)1-2-10-7(6)12(13)14/h1-2H,3-4,9H2. The summed E-state index contributed by atoms with van der Waals surface area (Å²) in [4.78, 5) is 17.5. The van der Waals surface area contributed by atoms with Gasteiger partial charge in [0.1, 0.15) is 18.5 Å². The third-order valence-electron chi connectivity index (χ3n) is 1.96. The Kier molecular flexibility index (Phi) is 2.20. The van der Waals surface area contributed by atoms with Crippen LogP contribution in [0.2, 0.25) is 0 Å². The maximum absolute atomic E-state index is 10.6. The number of nitrogens with zero attached hydrogens (tertiary/aromatic N) is 3. The quantitative estimate of drug-likeness (QED) is 0.557. The zero-order valence-corrected chi connectivity index (χ0v) is 7.71. The lowest BCUT2D eigenvalue weighted by Gasteiger charge is -2.04. The van der Waals surface area contributed by atoms with Crippen LogP contribution in [0.15, 0.2) is 17.3 Å². The van der Waals surface area contributed by atoms with Crippen LogP contribution in [0.3, 0.4) is 0 Å². The van der Waals surface area contributed by atoms with E-state index in [2.05, 4.69) is 9.98 Å². The molecule has 0 radical (unpaired) electrons. The van der Waals surface area contributed by atoms with Gasteiger partial charge in [-0.25, -0.2) is 4.99 Å². The van der Waals surface area contributed by atoms with Crippen LogP contribution < -0.4 is 5.73 Å². The maximum Gasteiger partial charge on any atom is 0.387 e. The number of pyridine rings is 1. The fourth-order valence-electron chi connectivity index (χ4n) is 1.29. The van der Waals surface area contributed by atoms with Gasteiger partial charge >= 0.3 is 5.82 Å². The van der Waals surface area contributed by atoms with Crippen molar-refractivity contribution in [3.8, 4) is 0 Å². The molecule has 1 aliphatic heterocycles. The normalized spacial score (nSPS) is 14.5. The van der Waals surface area contributed by atoms with Crippen molar-refractivity contribution in [1.82, 2.24) is 4.98 Å². The van der Waals surface area contributed by atoms with Crippen molar-refractivity contribution in [2.24, 2.45) is 4.99 Å². The highest BCUT2D eigenvalue weighted by atomic mass is 16.6. The van der Waals surface area contributed by atoms with Crippen LogP contribution in [-0.2, 0) is 4.74 Å². The summed E-state index contributed by atoms with van der Waals surface area (Å²) in [6.45, 7) is 1.02. The smallest absolute Gasteiger partial charge is 0.387 e. The molecule has 0 aromatic carbocycles. The van der Waals surface area contributed by atoms with E-state index in [-0.39, 0.29) is 11.5 Å². The monoisotopic (exact) mass is 208 g/mol. The van der Waals surface area contributed by atoms with Gasteiger partial charge in [0.15, 0.2) is 0 Å². The Morgan fingerprint density at radius 2 is 2.40 bits per heavy atom. The number of ether oxygens (including phenoxy) is 1. The van der Waals surface area contributed by atoms with Crippen molar-refractivity contribution in [2.45, 2.75) is 0 Å². The van der Waals surface area contributed by atoms with E-state index in [1.54, 1.807) is 6.07 Å². The molecular weight excluding hydrogens is 200 g/mol. The molecule has 0 saturated heterocycles. The summed E-state index contributed by atoms with van der Waals surface area (Å²) in [5.74, 6) is -0.0244. The van der Waals surface area contributed by atoms with E-state index >= 15 is 0 Å². The molecule has 15 heavy (non-hydrogen) atoms. The van der Waals surface area contributed by atoms with Crippen molar-refractivity contribution in [2.75, 3.05) is 18.9 Å². The van der Waals surface area contributed by atoms with Crippen molar-refractivity contribution >= 4 is 17.4 Å². The third kappa shape index (κ3) is 1.58. The number of hydrogen-bond donors (Lipinski definition) is 1. The third-order valence-corrected chi connectivity index (χ3v) is 1.96. The van der Waals surface area contributed by atoms with Gasteiger partial charge in [0.05, 0.1) is 12.1 Å². The van der Waals surface area contributed by atoms with Gasteiger partial charge in [0.25, 0.3) is 0 Å². The summed E-state index contributed by atoms with van der Waals surface area (Å²) in [5, 5.41) is 10.6. The molecule has 0 aliphatic carbocycles. The number of nitrogen functional groups attached to an aromatic ring is 1. The molecule has 7 nitrogen and oxygen atoms in total. The molecule has 0 fully saturated rings. The first kappa shape index (κ1) is 9.38. The average molecular weight is 208 g/mol. The van der Waals surface area contributed by atoms with Crippen molar-refractivity contribution in [1.29, 1.82) is 0 Å². The molecule has 0 saturated carbocycles. The topological polar surface area (TPSA) is 104 Å². The van der Waals surface area contributed by atoms with Crippen molar-refractivity contribution in [3.05, 3.63) is 27.9 Å². The Balaban J connectivity index is 2.48. The molecule has 2 N–H and O–H groups in total. The molecule has 78 valence electrons. The number of anilines is 1. The van der Waals surface area contributed by atoms with Gasteiger partial charge in [-0.1, -0.05) is 0 Å². The molecule has 1 aliphatic rings. The summed E-state index contributed by atoms with van der Waals surface area (Å²) in [7, 11) is 0. The molecule has 0 spiro atoms. The highest BCUT2D eigenvalue weighted by Gasteiger charge is 2.21. The molecule has 0 atom stereocenters. The second kappa shape index (κ2) is 3.52. The highest BCUT2D eigenvalue weighted by molar-refractivity contribution is 6.01. The fourth-order valence-corrected chi connectivity index (χ4v) is 1.29. The van der Waals surface area contributed by atoms with Crippen molar-refractivity contribution in [3.63, 3.8) is 0 Å². The summed E-state index contributed by atoms with van der Waals surface area (Å²) < 4.78 is 5.17.